The summed E-state index contributed by atoms with van der Waals surface area (Å²) in [5, 5.41) is 4.12. The summed E-state index contributed by atoms with van der Waals surface area (Å²) in [5.74, 6) is 0.940. The molecule has 1 aliphatic heterocycles. The van der Waals surface area contributed by atoms with Crippen LogP contribution in [0.15, 0.2) is 53.1 Å². The van der Waals surface area contributed by atoms with Gasteiger partial charge in [-0.25, -0.2) is 0 Å². The van der Waals surface area contributed by atoms with E-state index in [9.17, 15) is 4.79 Å². The maximum Gasteiger partial charge on any atom is 0.259 e. The number of hydrogen-bond donors (Lipinski definition) is 0. The third-order valence-corrected chi connectivity index (χ3v) is 5.15. The Morgan fingerprint density at radius 2 is 2.00 bits per heavy atom. The molecule has 0 saturated carbocycles. The maximum atomic E-state index is 13.2. The number of aryl methyl sites for hydroxylation is 1. The van der Waals surface area contributed by atoms with Crippen LogP contribution in [0.1, 0.15) is 42.1 Å². The van der Waals surface area contributed by atoms with E-state index in [1.165, 1.54) is 6.42 Å². The molecule has 2 heterocycles. The summed E-state index contributed by atoms with van der Waals surface area (Å²) in [6.45, 7) is 4.94. The van der Waals surface area contributed by atoms with E-state index in [4.69, 9.17) is 4.52 Å². The molecule has 1 atom stereocenters. The zero-order valence-electron chi connectivity index (χ0n) is 15.7. The Hall–Kier alpha value is -2.95. The monoisotopic (exact) mass is 361 g/mol. The molecule has 5 nitrogen and oxygen atoms in total. The second-order valence-electron chi connectivity index (χ2n) is 7.18. The molecule has 3 aromatic rings. The summed E-state index contributed by atoms with van der Waals surface area (Å²) < 4.78 is 5.52. The van der Waals surface area contributed by atoms with Gasteiger partial charge >= 0.3 is 0 Å². The van der Waals surface area contributed by atoms with Crippen molar-refractivity contribution in [2.45, 2.75) is 39.2 Å². The Morgan fingerprint density at radius 3 is 2.81 bits per heavy atom. The van der Waals surface area contributed by atoms with Crippen LogP contribution in [0.4, 0.5) is 0 Å². The molecule has 1 fully saturated rings. The number of rotatable bonds is 3. The average Bonchev–Trinajstić information content (AvgIpc) is 3.18. The van der Waals surface area contributed by atoms with Crippen molar-refractivity contribution in [3.63, 3.8) is 0 Å². The van der Waals surface area contributed by atoms with Gasteiger partial charge in [-0.3, -0.25) is 4.79 Å². The van der Waals surface area contributed by atoms with E-state index >= 15 is 0 Å². The van der Waals surface area contributed by atoms with E-state index < -0.39 is 0 Å². The van der Waals surface area contributed by atoms with Crippen molar-refractivity contribution in [2.24, 2.45) is 0 Å². The predicted molar refractivity (Wildman–Crippen MR) is 104 cm³/mol. The van der Waals surface area contributed by atoms with Gasteiger partial charge in [0.15, 0.2) is 0 Å². The first-order valence-electron chi connectivity index (χ1n) is 9.44. The molecular formula is C22H23N3O2. The van der Waals surface area contributed by atoms with E-state index in [1.807, 2.05) is 60.4 Å². The van der Waals surface area contributed by atoms with Crippen molar-refractivity contribution in [1.82, 2.24) is 15.0 Å². The van der Waals surface area contributed by atoms with Gasteiger partial charge in [0.1, 0.15) is 0 Å². The number of piperidine rings is 1. The number of benzene rings is 2. The van der Waals surface area contributed by atoms with E-state index in [0.29, 0.717) is 22.8 Å². The molecule has 1 saturated heterocycles. The van der Waals surface area contributed by atoms with Crippen molar-refractivity contribution in [2.75, 3.05) is 6.54 Å². The van der Waals surface area contributed by atoms with Crippen molar-refractivity contribution < 1.29 is 9.32 Å². The Morgan fingerprint density at radius 1 is 1.15 bits per heavy atom. The van der Waals surface area contributed by atoms with Crippen LogP contribution in [0.3, 0.4) is 0 Å². The third-order valence-electron chi connectivity index (χ3n) is 5.15. The fraction of sp³-hybridized carbons (Fsp3) is 0.318. The first-order chi connectivity index (χ1) is 13.1. The molecule has 0 radical (unpaired) electrons. The van der Waals surface area contributed by atoms with Gasteiger partial charge in [-0.1, -0.05) is 41.1 Å². The molecule has 1 amide bonds. The average molecular weight is 361 g/mol. The first kappa shape index (κ1) is 17.5. The summed E-state index contributed by atoms with van der Waals surface area (Å²) in [6.07, 6.45) is 3.28. The lowest BCUT2D eigenvalue weighted by Gasteiger charge is -2.33. The normalized spacial score (nSPS) is 17.1. The quantitative estimate of drug-likeness (QED) is 0.677. The van der Waals surface area contributed by atoms with Crippen LogP contribution in [-0.4, -0.2) is 33.5 Å². The largest absolute Gasteiger partial charge is 0.336 e. The highest BCUT2D eigenvalue weighted by Crippen LogP contribution is 2.28. The SMILES string of the molecule is Cc1cccc(-c2noc(-c3ccccc3C(=O)N3CCCC[C@H]3C)n2)c1. The fourth-order valence-electron chi connectivity index (χ4n) is 3.64. The number of likely N-dealkylation sites (tertiary alicyclic amines) is 1. The van der Waals surface area contributed by atoms with Gasteiger partial charge in [0, 0.05) is 18.2 Å². The number of aromatic nitrogens is 2. The smallest absolute Gasteiger partial charge is 0.259 e. The van der Waals surface area contributed by atoms with Crippen molar-refractivity contribution in [3.05, 3.63) is 59.7 Å². The van der Waals surface area contributed by atoms with Crippen LogP contribution in [-0.2, 0) is 0 Å². The van der Waals surface area contributed by atoms with Gasteiger partial charge < -0.3 is 9.42 Å². The molecule has 27 heavy (non-hydrogen) atoms. The third kappa shape index (κ3) is 3.50. The second kappa shape index (κ2) is 7.35. The van der Waals surface area contributed by atoms with Crippen molar-refractivity contribution in [3.8, 4) is 22.8 Å². The molecule has 5 heteroatoms. The van der Waals surface area contributed by atoms with Crippen LogP contribution in [0.25, 0.3) is 22.8 Å². The van der Waals surface area contributed by atoms with Gasteiger partial charge in [0.25, 0.3) is 11.8 Å². The predicted octanol–water partition coefficient (Wildman–Crippen LogP) is 4.73. The minimum absolute atomic E-state index is 0.0353. The van der Waals surface area contributed by atoms with Crippen LogP contribution in [0.5, 0.6) is 0 Å². The highest BCUT2D eigenvalue weighted by molar-refractivity contribution is 6.00. The highest BCUT2D eigenvalue weighted by Gasteiger charge is 2.27. The second-order valence-corrected chi connectivity index (χ2v) is 7.18. The minimum Gasteiger partial charge on any atom is -0.336 e. The van der Waals surface area contributed by atoms with E-state index in [1.54, 1.807) is 0 Å². The molecule has 4 rings (SSSR count). The number of nitrogens with zero attached hydrogens (tertiary/aromatic N) is 3. The minimum atomic E-state index is 0.0353. The molecule has 0 bridgehead atoms. The molecule has 0 N–H and O–H groups in total. The fourth-order valence-corrected chi connectivity index (χ4v) is 3.64. The number of amides is 1. The Labute approximate surface area is 159 Å². The summed E-state index contributed by atoms with van der Waals surface area (Å²) in [7, 11) is 0. The van der Waals surface area contributed by atoms with E-state index in [2.05, 4.69) is 17.1 Å². The lowest BCUT2D eigenvalue weighted by atomic mass is 10.00. The number of carbonyl (C=O) groups is 1. The molecule has 0 spiro atoms. The van der Waals surface area contributed by atoms with Gasteiger partial charge in [0.2, 0.25) is 5.82 Å². The van der Waals surface area contributed by atoms with Crippen LogP contribution in [0.2, 0.25) is 0 Å². The van der Waals surface area contributed by atoms with E-state index in [0.717, 1.165) is 30.5 Å². The van der Waals surface area contributed by atoms with Crippen molar-refractivity contribution in [1.29, 1.82) is 0 Å². The Kier molecular flexibility index (Phi) is 4.75. The maximum absolute atomic E-state index is 13.2. The lowest BCUT2D eigenvalue weighted by Crippen LogP contribution is -2.42. The molecule has 138 valence electrons. The molecule has 0 unspecified atom stereocenters. The summed E-state index contributed by atoms with van der Waals surface area (Å²) in [4.78, 5) is 19.7. The summed E-state index contributed by atoms with van der Waals surface area (Å²) in [5.41, 5.74) is 3.34. The van der Waals surface area contributed by atoms with Crippen LogP contribution < -0.4 is 0 Å². The van der Waals surface area contributed by atoms with Gasteiger partial charge in [-0.2, -0.15) is 4.98 Å². The van der Waals surface area contributed by atoms with Gasteiger partial charge in [-0.05, 0) is 51.3 Å². The topological polar surface area (TPSA) is 59.2 Å². The molecular weight excluding hydrogens is 338 g/mol. The first-order valence-corrected chi connectivity index (χ1v) is 9.44. The zero-order chi connectivity index (χ0) is 18.8. The van der Waals surface area contributed by atoms with Crippen LogP contribution >= 0.6 is 0 Å². The number of carbonyl (C=O) groups excluding carboxylic acids is 1. The summed E-state index contributed by atoms with van der Waals surface area (Å²) in [6, 6.07) is 15.7. The molecule has 2 aromatic carbocycles. The highest BCUT2D eigenvalue weighted by atomic mass is 16.5. The standard InChI is InChI=1S/C22H23N3O2/c1-15-8-7-10-17(14-15)20-23-21(27-24-20)18-11-3-4-12-19(18)22(26)25-13-6-5-9-16(25)2/h3-4,7-8,10-12,14,16H,5-6,9,13H2,1-2H3/t16-/m1/s1. The van der Waals surface area contributed by atoms with Crippen molar-refractivity contribution >= 4 is 5.91 Å². The Balaban J connectivity index is 1.68. The summed E-state index contributed by atoms with van der Waals surface area (Å²) >= 11 is 0. The molecule has 1 aliphatic rings. The lowest BCUT2D eigenvalue weighted by molar-refractivity contribution is 0.0636. The van der Waals surface area contributed by atoms with Gasteiger partial charge in [-0.15, -0.1) is 0 Å². The van der Waals surface area contributed by atoms with Crippen LogP contribution in [0, 0.1) is 6.92 Å². The Bertz CT molecular complexity index is 963. The molecule has 0 aliphatic carbocycles. The van der Waals surface area contributed by atoms with E-state index in [-0.39, 0.29) is 11.9 Å². The van der Waals surface area contributed by atoms with Gasteiger partial charge in [0.05, 0.1) is 11.1 Å². The number of hydrogen-bond acceptors (Lipinski definition) is 4. The zero-order valence-corrected chi connectivity index (χ0v) is 15.7. The molecule has 1 aromatic heterocycles.